The standard InChI is InChI=1S/C30H29FN2O4/c1-30(2,3)37-29(35)33-27-16-15-20(18-26(27)31)10-8-9-17-32-28(34)36-19-25-23-13-6-4-11-21(23)22-12-5-7-14-24(22)25/h4-7,11-16,18,25H,9,17,19H2,1-3H3,(H,32,34)(H,33,35). The lowest BCUT2D eigenvalue weighted by molar-refractivity contribution is 0.0635. The van der Waals surface area contributed by atoms with Crippen molar-refractivity contribution in [3.63, 3.8) is 0 Å². The van der Waals surface area contributed by atoms with Crippen LogP contribution in [0.15, 0.2) is 66.7 Å². The first-order valence-electron chi connectivity index (χ1n) is 12.1. The van der Waals surface area contributed by atoms with Crippen molar-refractivity contribution < 1.29 is 23.5 Å². The third-order valence-electron chi connectivity index (χ3n) is 5.70. The molecule has 0 radical (unpaired) electrons. The zero-order valence-corrected chi connectivity index (χ0v) is 21.1. The fourth-order valence-corrected chi connectivity index (χ4v) is 4.15. The van der Waals surface area contributed by atoms with Gasteiger partial charge >= 0.3 is 12.2 Å². The first kappa shape index (κ1) is 25.8. The molecule has 2 N–H and O–H groups in total. The number of fused-ring (bicyclic) bond motifs is 3. The number of hydrogen-bond acceptors (Lipinski definition) is 4. The summed E-state index contributed by atoms with van der Waals surface area (Å²) in [6, 6.07) is 20.6. The predicted octanol–water partition coefficient (Wildman–Crippen LogP) is 6.45. The summed E-state index contributed by atoms with van der Waals surface area (Å²) in [4.78, 5) is 24.1. The molecule has 190 valence electrons. The Hall–Kier alpha value is -4.31. The zero-order chi connectivity index (χ0) is 26.4. The molecular weight excluding hydrogens is 471 g/mol. The Morgan fingerprint density at radius 3 is 2.22 bits per heavy atom. The number of halogens is 1. The summed E-state index contributed by atoms with van der Waals surface area (Å²) < 4.78 is 24.9. The van der Waals surface area contributed by atoms with Gasteiger partial charge in [-0.1, -0.05) is 60.4 Å². The molecule has 37 heavy (non-hydrogen) atoms. The molecule has 1 aliphatic rings. The second kappa shape index (κ2) is 11.2. The van der Waals surface area contributed by atoms with Gasteiger partial charge in [-0.05, 0) is 61.2 Å². The number of ether oxygens (including phenoxy) is 2. The molecule has 0 saturated carbocycles. The van der Waals surface area contributed by atoms with Gasteiger partial charge in [0.1, 0.15) is 18.0 Å². The van der Waals surface area contributed by atoms with E-state index in [1.165, 1.54) is 23.3 Å². The van der Waals surface area contributed by atoms with Gasteiger partial charge in [-0.15, -0.1) is 0 Å². The summed E-state index contributed by atoms with van der Waals surface area (Å²) in [6.45, 7) is 5.72. The minimum Gasteiger partial charge on any atom is -0.449 e. The Balaban J connectivity index is 1.23. The average molecular weight is 501 g/mol. The molecule has 1 aliphatic carbocycles. The highest BCUT2D eigenvalue weighted by atomic mass is 19.1. The quantitative estimate of drug-likeness (QED) is 0.312. The van der Waals surface area contributed by atoms with Crippen LogP contribution < -0.4 is 10.6 Å². The lowest BCUT2D eigenvalue weighted by atomic mass is 9.98. The van der Waals surface area contributed by atoms with Gasteiger partial charge in [-0.3, -0.25) is 5.32 Å². The largest absolute Gasteiger partial charge is 0.449 e. The smallest absolute Gasteiger partial charge is 0.412 e. The summed E-state index contributed by atoms with van der Waals surface area (Å²) >= 11 is 0. The van der Waals surface area contributed by atoms with Gasteiger partial charge in [0.15, 0.2) is 0 Å². The molecule has 0 heterocycles. The Bertz CT molecular complexity index is 1320. The van der Waals surface area contributed by atoms with Crippen molar-refractivity contribution in [2.45, 2.75) is 38.7 Å². The van der Waals surface area contributed by atoms with Gasteiger partial charge < -0.3 is 14.8 Å². The fourth-order valence-electron chi connectivity index (χ4n) is 4.15. The van der Waals surface area contributed by atoms with Crippen LogP contribution in [0, 0.1) is 17.7 Å². The van der Waals surface area contributed by atoms with Gasteiger partial charge in [0.2, 0.25) is 0 Å². The van der Waals surface area contributed by atoms with Crippen LogP contribution in [-0.4, -0.2) is 30.9 Å². The first-order chi connectivity index (χ1) is 17.7. The lowest BCUT2D eigenvalue weighted by Gasteiger charge is -2.19. The van der Waals surface area contributed by atoms with Crippen LogP contribution in [0.1, 0.15) is 49.8 Å². The van der Waals surface area contributed by atoms with Crippen molar-refractivity contribution in [1.29, 1.82) is 0 Å². The first-order valence-corrected chi connectivity index (χ1v) is 12.1. The van der Waals surface area contributed by atoms with Crippen molar-refractivity contribution in [1.82, 2.24) is 5.32 Å². The van der Waals surface area contributed by atoms with Gasteiger partial charge in [-0.25, -0.2) is 14.0 Å². The van der Waals surface area contributed by atoms with Gasteiger partial charge in [0, 0.05) is 24.4 Å². The van der Waals surface area contributed by atoms with E-state index in [4.69, 9.17) is 9.47 Å². The normalized spacial score (nSPS) is 12.0. The highest BCUT2D eigenvalue weighted by Gasteiger charge is 2.28. The van der Waals surface area contributed by atoms with E-state index in [0.29, 0.717) is 18.5 Å². The summed E-state index contributed by atoms with van der Waals surface area (Å²) in [6.07, 6.45) is -0.874. The molecule has 0 aliphatic heterocycles. The monoisotopic (exact) mass is 500 g/mol. The van der Waals surface area contributed by atoms with Crippen LogP contribution >= 0.6 is 0 Å². The van der Waals surface area contributed by atoms with E-state index in [1.54, 1.807) is 26.8 Å². The van der Waals surface area contributed by atoms with Crippen LogP contribution in [0.3, 0.4) is 0 Å². The van der Waals surface area contributed by atoms with Crippen molar-refractivity contribution in [2.75, 3.05) is 18.5 Å². The molecule has 0 atom stereocenters. The molecule has 0 spiro atoms. The molecule has 0 bridgehead atoms. The van der Waals surface area contributed by atoms with Crippen LogP contribution in [-0.2, 0) is 9.47 Å². The number of rotatable bonds is 5. The molecule has 6 nitrogen and oxygen atoms in total. The van der Waals surface area contributed by atoms with E-state index in [9.17, 15) is 14.0 Å². The maximum atomic E-state index is 14.3. The Kier molecular flexibility index (Phi) is 7.78. The molecule has 4 rings (SSSR count). The van der Waals surface area contributed by atoms with Crippen LogP contribution in [0.5, 0.6) is 0 Å². The molecule has 3 aromatic carbocycles. The van der Waals surface area contributed by atoms with Gasteiger partial charge in [0.05, 0.1) is 5.69 Å². The van der Waals surface area contributed by atoms with E-state index in [0.717, 1.165) is 11.1 Å². The van der Waals surface area contributed by atoms with Crippen molar-refractivity contribution in [2.24, 2.45) is 0 Å². The number of anilines is 1. The minimum atomic E-state index is -0.732. The number of benzene rings is 3. The molecule has 3 aromatic rings. The Morgan fingerprint density at radius 1 is 0.946 bits per heavy atom. The Labute approximate surface area is 216 Å². The maximum absolute atomic E-state index is 14.3. The minimum absolute atomic E-state index is 0.000572. The molecule has 0 aromatic heterocycles. The molecule has 7 heteroatoms. The zero-order valence-electron chi connectivity index (χ0n) is 21.1. The topological polar surface area (TPSA) is 76.7 Å². The Morgan fingerprint density at radius 2 is 1.59 bits per heavy atom. The number of nitrogens with one attached hydrogen (secondary N) is 2. The fraction of sp³-hybridized carbons (Fsp3) is 0.267. The number of carbonyl (C=O) groups is 2. The highest BCUT2D eigenvalue weighted by molar-refractivity contribution is 5.85. The van der Waals surface area contributed by atoms with E-state index < -0.39 is 23.6 Å². The highest BCUT2D eigenvalue weighted by Crippen LogP contribution is 2.44. The lowest BCUT2D eigenvalue weighted by Crippen LogP contribution is -2.27. The summed E-state index contributed by atoms with van der Waals surface area (Å²) in [7, 11) is 0. The van der Waals surface area contributed by atoms with E-state index in [1.807, 2.05) is 24.3 Å². The average Bonchev–Trinajstić information content (AvgIpc) is 3.17. The predicted molar refractivity (Wildman–Crippen MR) is 141 cm³/mol. The van der Waals surface area contributed by atoms with E-state index in [2.05, 4.69) is 46.7 Å². The van der Waals surface area contributed by atoms with Crippen LogP contribution in [0.4, 0.5) is 19.7 Å². The number of alkyl carbamates (subject to hydrolysis) is 1. The van der Waals surface area contributed by atoms with Crippen molar-refractivity contribution >= 4 is 17.9 Å². The SMILES string of the molecule is CC(C)(C)OC(=O)Nc1ccc(C#CCCNC(=O)OCC2c3ccccc3-c3ccccc32)cc1F. The maximum Gasteiger partial charge on any atom is 0.412 e. The second-order valence-electron chi connectivity index (χ2n) is 9.63. The number of hydrogen-bond donors (Lipinski definition) is 2. The third kappa shape index (κ3) is 6.68. The number of amides is 2. The number of carbonyl (C=O) groups excluding carboxylic acids is 2. The van der Waals surface area contributed by atoms with Gasteiger partial charge in [-0.2, -0.15) is 0 Å². The van der Waals surface area contributed by atoms with Crippen molar-refractivity contribution in [3.05, 3.63) is 89.2 Å². The molecule has 2 amide bonds. The molecule has 0 unspecified atom stereocenters. The third-order valence-corrected chi connectivity index (χ3v) is 5.70. The summed E-state index contributed by atoms with van der Waals surface area (Å²) in [5.41, 5.74) is 4.44. The summed E-state index contributed by atoms with van der Waals surface area (Å²) in [5.74, 6) is 5.13. The molecule has 0 fully saturated rings. The van der Waals surface area contributed by atoms with E-state index in [-0.39, 0.29) is 18.2 Å². The van der Waals surface area contributed by atoms with Crippen LogP contribution in [0.2, 0.25) is 0 Å². The molecular formula is C30H29FN2O4. The van der Waals surface area contributed by atoms with Crippen molar-refractivity contribution in [3.8, 4) is 23.0 Å². The van der Waals surface area contributed by atoms with E-state index >= 15 is 0 Å². The molecule has 0 saturated heterocycles. The summed E-state index contributed by atoms with van der Waals surface area (Å²) in [5, 5.41) is 5.08. The van der Waals surface area contributed by atoms with Crippen LogP contribution in [0.25, 0.3) is 11.1 Å². The second-order valence-corrected chi connectivity index (χ2v) is 9.63. The van der Waals surface area contributed by atoms with Gasteiger partial charge in [0.25, 0.3) is 0 Å².